The van der Waals surface area contributed by atoms with E-state index in [0.717, 1.165) is 12.1 Å². The van der Waals surface area contributed by atoms with Crippen LogP contribution < -0.4 is 0 Å². The minimum Gasteiger partial charge on any atom is -0.212 e. The highest BCUT2D eigenvalue weighted by Gasteiger charge is 2.30. The smallest absolute Gasteiger partial charge is 0.212 e. The third kappa shape index (κ3) is 5.23. The van der Waals surface area contributed by atoms with E-state index in [1.807, 2.05) is 6.07 Å². The Labute approximate surface area is 154 Å². The molecule has 10 heteroatoms. The van der Waals surface area contributed by atoms with Crippen LogP contribution in [-0.4, -0.2) is 57.4 Å². The summed E-state index contributed by atoms with van der Waals surface area (Å²) < 4.78 is 65.7. The molecule has 0 radical (unpaired) electrons. The van der Waals surface area contributed by atoms with Crippen LogP contribution in [0.25, 0.3) is 0 Å². The summed E-state index contributed by atoms with van der Waals surface area (Å²) in [4.78, 5) is -0.00768. The van der Waals surface area contributed by atoms with Gasteiger partial charge in [-0.1, -0.05) is 0 Å². The van der Waals surface area contributed by atoms with Gasteiger partial charge in [0.15, 0.2) is 0 Å². The summed E-state index contributed by atoms with van der Waals surface area (Å²) in [6.07, 6.45) is 1.63. The number of halogens is 1. The van der Waals surface area contributed by atoms with Gasteiger partial charge in [-0.15, -0.1) is 0 Å². The number of rotatable bonds is 7. The second-order valence-corrected chi connectivity index (χ2v) is 10.1. The highest BCUT2D eigenvalue weighted by atomic mass is 32.2. The normalized spacial score (nSPS) is 17.5. The van der Waals surface area contributed by atoms with E-state index in [2.05, 4.69) is 0 Å². The lowest BCUT2D eigenvalue weighted by atomic mass is 10.3. The third-order valence-corrected chi connectivity index (χ3v) is 8.07. The van der Waals surface area contributed by atoms with Crippen LogP contribution in [0.1, 0.15) is 25.7 Å². The van der Waals surface area contributed by atoms with Crippen molar-refractivity contribution in [2.45, 2.75) is 30.6 Å². The first-order valence-corrected chi connectivity index (χ1v) is 11.4. The Kier molecular flexibility index (Phi) is 7.11. The SMILES string of the molecule is N#CCCCCS(=O)(=O)N1CCCN(S(=O)(=O)c2ccc(F)cc2)CC1. The molecule has 1 aliphatic rings. The first-order valence-electron chi connectivity index (χ1n) is 8.38. The zero-order valence-electron chi connectivity index (χ0n) is 14.3. The zero-order valence-corrected chi connectivity index (χ0v) is 16.0. The van der Waals surface area contributed by atoms with Crippen LogP contribution in [0, 0.1) is 17.1 Å². The van der Waals surface area contributed by atoms with Crippen LogP contribution in [0.2, 0.25) is 0 Å². The molecule has 1 heterocycles. The van der Waals surface area contributed by atoms with E-state index in [9.17, 15) is 21.2 Å². The third-order valence-electron chi connectivity index (χ3n) is 4.20. The lowest BCUT2D eigenvalue weighted by Gasteiger charge is -2.21. The van der Waals surface area contributed by atoms with Gasteiger partial charge in [0, 0.05) is 32.6 Å². The van der Waals surface area contributed by atoms with Crippen LogP contribution in [-0.2, 0) is 20.0 Å². The average Bonchev–Trinajstić information content (AvgIpc) is 2.86. The fraction of sp³-hybridized carbons (Fsp3) is 0.562. The molecule has 0 atom stereocenters. The Bertz CT molecular complexity index is 848. The predicted molar refractivity (Wildman–Crippen MR) is 94.6 cm³/mol. The van der Waals surface area contributed by atoms with Gasteiger partial charge >= 0.3 is 0 Å². The molecule has 144 valence electrons. The van der Waals surface area contributed by atoms with Gasteiger partial charge in [0.25, 0.3) is 0 Å². The number of nitriles is 1. The first-order chi connectivity index (χ1) is 12.3. The number of unbranched alkanes of at least 4 members (excludes halogenated alkanes) is 2. The topological polar surface area (TPSA) is 98.5 Å². The van der Waals surface area contributed by atoms with Crippen molar-refractivity contribution in [3.05, 3.63) is 30.1 Å². The number of benzene rings is 1. The van der Waals surface area contributed by atoms with E-state index in [0.29, 0.717) is 25.7 Å². The van der Waals surface area contributed by atoms with Crippen LogP contribution >= 0.6 is 0 Å². The van der Waals surface area contributed by atoms with Crippen molar-refractivity contribution < 1.29 is 21.2 Å². The van der Waals surface area contributed by atoms with Crippen molar-refractivity contribution in [2.75, 3.05) is 31.9 Å². The molecule has 0 amide bonds. The van der Waals surface area contributed by atoms with Gasteiger partial charge in [-0.05, 0) is 43.5 Å². The van der Waals surface area contributed by atoms with Crippen molar-refractivity contribution in [3.8, 4) is 6.07 Å². The number of nitrogens with zero attached hydrogens (tertiary/aromatic N) is 3. The second kappa shape index (κ2) is 8.90. The minimum atomic E-state index is -3.79. The molecule has 7 nitrogen and oxygen atoms in total. The van der Waals surface area contributed by atoms with Crippen molar-refractivity contribution in [1.82, 2.24) is 8.61 Å². The predicted octanol–water partition coefficient (Wildman–Crippen LogP) is 1.55. The summed E-state index contributed by atoms with van der Waals surface area (Å²) in [5, 5.41) is 8.50. The molecule has 1 fully saturated rings. The second-order valence-electron chi connectivity index (χ2n) is 6.04. The molecular weight excluding hydrogens is 381 g/mol. The number of hydrogen-bond donors (Lipinski definition) is 0. The molecule has 0 unspecified atom stereocenters. The summed E-state index contributed by atoms with van der Waals surface area (Å²) >= 11 is 0. The molecule has 1 aromatic rings. The molecule has 26 heavy (non-hydrogen) atoms. The molecule has 0 bridgehead atoms. The lowest BCUT2D eigenvalue weighted by molar-refractivity contribution is 0.404. The van der Waals surface area contributed by atoms with E-state index in [1.165, 1.54) is 20.7 Å². The van der Waals surface area contributed by atoms with E-state index in [-0.39, 0.29) is 36.8 Å². The Morgan fingerprint density at radius 2 is 1.58 bits per heavy atom. The summed E-state index contributed by atoms with van der Waals surface area (Å²) in [7, 11) is -7.26. The molecule has 0 spiro atoms. The monoisotopic (exact) mass is 403 g/mol. The van der Waals surface area contributed by atoms with E-state index < -0.39 is 25.9 Å². The maximum atomic E-state index is 13.0. The van der Waals surface area contributed by atoms with Crippen molar-refractivity contribution in [2.24, 2.45) is 0 Å². The Morgan fingerprint density at radius 3 is 2.23 bits per heavy atom. The lowest BCUT2D eigenvalue weighted by Crippen LogP contribution is -2.38. The highest BCUT2D eigenvalue weighted by molar-refractivity contribution is 7.89. The molecule has 0 saturated carbocycles. The van der Waals surface area contributed by atoms with Crippen molar-refractivity contribution in [1.29, 1.82) is 5.26 Å². The Morgan fingerprint density at radius 1 is 0.962 bits per heavy atom. The summed E-state index contributed by atoms with van der Waals surface area (Å²) in [5.74, 6) is -0.562. The maximum Gasteiger partial charge on any atom is 0.243 e. The Balaban J connectivity index is 2.03. The number of sulfonamides is 2. The summed E-state index contributed by atoms with van der Waals surface area (Å²) in [6.45, 7) is 0.605. The van der Waals surface area contributed by atoms with Gasteiger partial charge in [0.1, 0.15) is 5.82 Å². The summed E-state index contributed by atoms with van der Waals surface area (Å²) in [6, 6.07) is 6.57. The van der Waals surface area contributed by atoms with Gasteiger partial charge in [-0.2, -0.15) is 9.57 Å². The van der Waals surface area contributed by atoms with E-state index in [4.69, 9.17) is 5.26 Å². The fourth-order valence-corrected chi connectivity index (χ4v) is 5.83. The molecule has 2 rings (SSSR count). The Hall–Kier alpha value is -1.54. The van der Waals surface area contributed by atoms with Gasteiger partial charge in [-0.25, -0.2) is 25.5 Å². The van der Waals surface area contributed by atoms with Gasteiger partial charge in [-0.3, -0.25) is 0 Å². The van der Waals surface area contributed by atoms with Gasteiger partial charge in [0.05, 0.1) is 16.7 Å². The molecule has 0 N–H and O–H groups in total. The first kappa shape index (κ1) is 20.8. The van der Waals surface area contributed by atoms with Crippen molar-refractivity contribution in [3.63, 3.8) is 0 Å². The largest absolute Gasteiger partial charge is 0.243 e. The number of hydrogen-bond acceptors (Lipinski definition) is 5. The van der Waals surface area contributed by atoms with Crippen LogP contribution in [0.15, 0.2) is 29.2 Å². The van der Waals surface area contributed by atoms with E-state index >= 15 is 0 Å². The van der Waals surface area contributed by atoms with E-state index in [1.54, 1.807) is 0 Å². The molecule has 0 aliphatic carbocycles. The molecule has 1 saturated heterocycles. The summed E-state index contributed by atoms with van der Waals surface area (Å²) in [5.41, 5.74) is 0. The van der Waals surface area contributed by atoms with Crippen molar-refractivity contribution >= 4 is 20.0 Å². The minimum absolute atomic E-state index is 0.00768. The maximum absolute atomic E-state index is 13.0. The fourth-order valence-electron chi connectivity index (χ4n) is 2.76. The highest BCUT2D eigenvalue weighted by Crippen LogP contribution is 2.19. The zero-order chi connectivity index (χ0) is 19.2. The molecule has 1 aromatic carbocycles. The quantitative estimate of drug-likeness (QED) is 0.643. The van der Waals surface area contributed by atoms with Gasteiger partial charge in [0.2, 0.25) is 20.0 Å². The molecule has 1 aliphatic heterocycles. The average molecular weight is 404 g/mol. The van der Waals surface area contributed by atoms with Crippen LogP contribution in [0.4, 0.5) is 4.39 Å². The molecular formula is C16H22FN3O4S2. The van der Waals surface area contributed by atoms with Crippen LogP contribution in [0.3, 0.4) is 0 Å². The molecule has 0 aromatic heterocycles. The standard InChI is InChI=1S/C16H22FN3O4S2/c17-15-5-7-16(8-6-15)26(23,24)20-11-4-10-19(12-13-20)25(21,22)14-3-1-2-9-18/h5-8H,1-4,10-14H2. The van der Waals surface area contributed by atoms with Gasteiger partial charge < -0.3 is 0 Å². The van der Waals surface area contributed by atoms with Crippen LogP contribution in [0.5, 0.6) is 0 Å².